The lowest BCUT2D eigenvalue weighted by Gasteiger charge is -2.34. The van der Waals surface area contributed by atoms with E-state index in [4.69, 9.17) is 16.3 Å². The minimum atomic E-state index is -0.401. The number of halogens is 1. The van der Waals surface area contributed by atoms with E-state index in [0.29, 0.717) is 35.4 Å². The lowest BCUT2D eigenvalue weighted by molar-refractivity contribution is -0.118. The van der Waals surface area contributed by atoms with Gasteiger partial charge in [-0.1, -0.05) is 6.07 Å². The minimum absolute atomic E-state index is 0.234. The Kier molecular flexibility index (Phi) is 3.31. The van der Waals surface area contributed by atoms with Gasteiger partial charge in [0.05, 0.1) is 5.88 Å². The first-order valence-electron chi connectivity index (χ1n) is 5.05. The van der Waals surface area contributed by atoms with Crippen molar-refractivity contribution in [1.82, 2.24) is 0 Å². The van der Waals surface area contributed by atoms with Gasteiger partial charge in [0.1, 0.15) is 12.4 Å². The molecule has 1 aliphatic rings. The Hall–Kier alpha value is -1.26. The molecule has 0 radical (unpaired) electrons. The molecule has 1 aromatic carbocycles. The summed E-state index contributed by atoms with van der Waals surface area (Å²) in [6.07, 6.45) is 0.781. The smallest absolute Gasteiger partial charge is 0.216 e. The molecule has 0 bridgehead atoms. The Balaban J connectivity index is 2.33. The molecular formula is C11H11ClNO3-. The second kappa shape index (κ2) is 4.72. The highest BCUT2D eigenvalue weighted by molar-refractivity contribution is 6.18. The van der Waals surface area contributed by atoms with Crippen molar-refractivity contribution in [2.45, 2.75) is 12.8 Å². The molecule has 0 N–H and O–H groups in total. The van der Waals surface area contributed by atoms with Crippen LogP contribution in [0.4, 0.5) is 5.69 Å². The van der Waals surface area contributed by atoms with Crippen LogP contribution in [-0.2, 0) is 11.2 Å². The first-order valence-corrected chi connectivity index (χ1v) is 5.58. The molecule has 0 aliphatic carbocycles. The van der Waals surface area contributed by atoms with Gasteiger partial charge in [-0.2, -0.15) is 0 Å². The number of hydroxylamine groups is 1. The van der Waals surface area contributed by atoms with Crippen molar-refractivity contribution in [3.8, 4) is 5.75 Å². The van der Waals surface area contributed by atoms with E-state index in [1.54, 1.807) is 18.2 Å². The molecule has 0 atom stereocenters. The Bertz CT molecular complexity index is 408. The first kappa shape index (κ1) is 11.2. The Morgan fingerprint density at radius 1 is 1.44 bits per heavy atom. The minimum Gasteiger partial charge on any atom is -0.752 e. The molecule has 16 heavy (non-hydrogen) atoms. The summed E-state index contributed by atoms with van der Waals surface area (Å²) in [6.45, 7) is 0.394. The Morgan fingerprint density at radius 2 is 2.25 bits per heavy atom. The number of hydrogen-bond donors (Lipinski definition) is 0. The highest BCUT2D eigenvalue weighted by atomic mass is 35.5. The number of hydrogen-bond acceptors (Lipinski definition) is 3. The molecule has 2 rings (SSSR count). The third-order valence-corrected chi connectivity index (χ3v) is 2.63. The highest BCUT2D eigenvalue weighted by Gasteiger charge is 2.20. The van der Waals surface area contributed by atoms with E-state index < -0.39 is 5.91 Å². The molecule has 1 aromatic rings. The maximum Gasteiger partial charge on any atom is 0.216 e. The van der Waals surface area contributed by atoms with Gasteiger partial charge in [0.2, 0.25) is 5.91 Å². The van der Waals surface area contributed by atoms with Gasteiger partial charge in [0, 0.05) is 17.7 Å². The molecule has 0 unspecified atom stereocenters. The maximum absolute atomic E-state index is 11.5. The van der Waals surface area contributed by atoms with E-state index in [1.807, 2.05) is 0 Å². The number of ether oxygens (including phenoxy) is 1. The van der Waals surface area contributed by atoms with Crippen LogP contribution in [0.15, 0.2) is 18.2 Å². The predicted molar refractivity (Wildman–Crippen MR) is 61.8 cm³/mol. The molecule has 5 heteroatoms. The third kappa shape index (κ3) is 1.99. The van der Waals surface area contributed by atoms with Crippen molar-refractivity contribution in [2.24, 2.45) is 0 Å². The van der Waals surface area contributed by atoms with E-state index in [-0.39, 0.29) is 6.42 Å². The van der Waals surface area contributed by atoms with Crippen molar-refractivity contribution >= 4 is 23.2 Å². The number of alkyl halides is 1. The van der Waals surface area contributed by atoms with Gasteiger partial charge in [-0.15, -0.1) is 11.6 Å². The number of rotatable bonds is 3. The number of nitrogens with zero attached hydrogens (tertiary/aromatic N) is 1. The summed E-state index contributed by atoms with van der Waals surface area (Å²) in [6, 6.07) is 5.12. The van der Waals surface area contributed by atoms with Crippen molar-refractivity contribution in [2.75, 3.05) is 17.6 Å². The topological polar surface area (TPSA) is 52.6 Å². The maximum atomic E-state index is 11.5. The van der Waals surface area contributed by atoms with E-state index in [9.17, 15) is 10.0 Å². The molecule has 1 heterocycles. The van der Waals surface area contributed by atoms with Gasteiger partial charge in [0.15, 0.2) is 0 Å². The van der Waals surface area contributed by atoms with Crippen molar-refractivity contribution in [1.29, 1.82) is 0 Å². The lowest BCUT2D eigenvalue weighted by Crippen LogP contribution is -2.29. The van der Waals surface area contributed by atoms with E-state index >= 15 is 0 Å². The Morgan fingerprint density at radius 3 is 3.00 bits per heavy atom. The summed E-state index contributed by atoms with van der Waals surface area (Å²) in [5, 5.41) is 12.0. The van der Waals surface area contributed by atoms with Gasteiger partial charge in [-0.05, 0) is 18.6 Å². The molecule has 0 fully saturated rings. The molecular weight excluding hydrogens is 230 g/mol. The summed E-state index contributed by atoms with van der Waals surface area (Å²) >= 11 is 5.54. The molecule has 4 nitrogen and oxygen atoms in total. The zero-order chi connectivity index (χ0) is 11.5. The number of fused-ring (bicyclic) bond motifs is 1. The van der Waals surface area contributed by atoms with E-state index in [2.05, 4.69) is 0 Å². The molecule has 86 valence electrons. The van der Waals surface area contributed by atoms with Gasteiger partial charge in [-0.25, -0.2) is 0 Å². The summed E-state index contributed by atoms with van der Waals surface area (Å²) in [4.78, 5) is 11.2. The van der Waals surface area contributed by atoms with Crippen LogP contribution in [0.1, 0.15) is 12.0 Å². The summed E-state index contributed by atoms with van der Waals surface area (Å²) in [7, 11) is 0. The summed E-state index contributed by atoms with van der Waals surface area (Å²) in [5.41, 5.74) is 1.19. The van der Waals surface area contributed by atoms with Crippen LogP contribution in [0.25, 0.3) is 0 Å². The fourth-order valence-corrected chi connectivity index (χ4v) is 1.82. The summed E-state index contributed by atoms with van der Waals surface area (Å²) in [5.74, 6) is 0.637. The highest BCUT2D eigenvalue weighted by Crippen LogP contribution is 2.34. The zero-order valence-electron chi connectivity index (χ0n) is 8.61. The van der Waals surface area contributed by atoms with E-state index in [1.165, 1.54) is 0 Å². The number of amides is 1. The zero-order valence-corrected chi connectivity index (χ0v) is 9.37. The monoisotopic (exact) mass is 240 g/mol. The number of benzene rings is 1. The molecule has 1 amide bonds. The molecule has 0 saturated carbocycles. The van der Waals surface area contributed by atoms with Crippen LogP contribution in [0.2, 0.25) is 0 Å². The van der Waals surface area contributed by atoms with Gasteiger partial charge < -0.3 is 15.0 Å². The number of anilines is 1. The quantitative estimate of drug-likeness (QED) is 0.760. The lowest BCUT2D eigenvalue weighted by atomic mass is 10.0. The fraction of sp³-hybridized carbons (Fsp3) is 0.364. The standard InChI is InChI=1S/C11H11ClNO3/c12-6-7-16-10-3-1-2-9-8(10)4-5-11(14)13(9)15/h1-3H,4-7H2/q-1. The first-order chi connectivity index (χ1) is 7.74. The number of carbonyl (C=O) groups is 1. The van der Waals surface area contributed by atoms with Gasteiger partial charge >= 0.3 is 0 Å². The SMILES string of the molecule is O=C1CCc2c(OCCCl)cccc2N1[O-]. The van der Waals surface area contributed by atoms with Crippen molar-refractivity contribution in [3.05, 3.63) is 29.0 Å². The van der Waals surface area contributed by atoms with Crippen molar-refractivity contribution < 1.29 is 9.53 Å². The average Bonchev–Trinajstić information content (AvgIpc) is 2.31. The van der Waals surface area contributed by atoms with Crippen LogP contribution in [0.3, 0.4) is 0 Å². The second-order valence-corrected chi connectivity index (χ2v) is 3.86. The molecule has 0 saturated heterocycles. The Labute approximate surface area is 98.3 Å². The van der Waals surface area contributed by atoms with Gasteiger partial charge in [-0.3, -0.25) is 4.79 Å². The van der Waals surface area contributed by atoms with Crippen LogP contribution in [-0.4, -0.2) is 18.4 Å². The second-order valence-electron chi connectivity index (χ2n) is 3.48. The molecule has 0 aromatic heterocycles. The van der Waals surface area contributed by atoms with Crippen LogP contribution in [0.5, 0.6) is 5.75 Å². The normalized spacial score (nSPS) is 14.9. The predicted octanol–water partition coefficient (Wildman–Crippen LogP) is 2.08. The fourth-order valence-electron chi connectivity index (χ4n) is 1.75. The molecule has 1 aliphatic heterocycles. The van der Waals surface area contributed by atoms with Gasteiger partial charge in [0.25, 0.3) is 0 Å². The third-order valence-electron chi connectivity index (χ3n) is 2.48. The summed E-state index contributed by atoms with van der Waals surface area (Å²) < 4.78 is 5.43. The largest absolute Gasteiger partial charge is 0.752 e. The average molecular weight is 241 g/mol. The van der Waals surface area contributed by atoms with Crippen LogP contribution >= 0.6 is 11.6 Å². The van der Waals surface area contributed by atoms with Crippen LogP contribution < -0.4 is 9.80 Å². The van der Waals surface area contributed by atoms with E-state index in [0.717, 1.165) is 5.56 Å². The number of carbonyl (C=O) groups excluding carboxylic acids is 1. The molecule has 0 spiro atoms. The van der Waals surface area contributed by atoms with Crippen LogP contribution in [0, 0.1) is 5.21 Å². The van der Waals surface area contributed by atoms with Crippen molar-refractivity contribution in [3.63, 3.8) is 0 Å².